The first-order valence-electron chi connectivity index (χ1n) is 6.99. The van der Waals surface area contributed by atoms with Gasteiger partial charge in [-0.05, 0) is 25.7 Å². The van der Waals surface area contributed by atoms with Crippen molar-refractivity contribution in [2.75, 3.05) is 18.8 Å². The fourth-order valence-electron chi connectivity index (χ4n) is 2.78. The molecule has 1 amide bonds. The van der Waals surface area contributed by atoms with Crippen molar-refractivity contribution in [2.45, 2.75) is 43.2 Å². The van der Waals surface area contributed by atoms with E-state index in [0.717, 1.165) is 0 Å². The van der Waals surface area contributed by atoms with Gasteiger partial charge in [0.15, 0.2) is 9.84 Å². The highest BCUT2D eigenvalue weighted by atomic mass is 32.2. The molecule has 2 aliphatic heterocycles. The van der Waals surface area contributed by atoms with Crippen LogP contribution in [0.25, 0.3) is 0 Å². The highest BCUT2D eigenvalue weighted by Gasteiger charge is 2.42. The molecule has 3 atom stereocenters. The molecular weight excluding hydrogens is 309 g/mol. The first-order chi connectivity index (χ1) is 9.70. The largest absolute Gasteiger partial charge is 0.393 e. The second kappa shape index (κ2) is 6.12. The molecule has 0 bridgehead atoms. The van der Waals surface area contributed by atoms with Gasteiger partial charge in [-0.25, -0.2) is 8.42 Å². The highest BCUT2D eigenvalue weighted by Crippen LogP contribution is 2.31. The van der Waals surface area contributed by atoms with E-state index < -0.39 is 39.1 Å². The molecule has 0 spiro atoms. The summed E-state index contributed by atoms with van der Waals surface area (Å²) in [6, 6.07) is -0.673. The van der Waals surface area contributed by atoms with Crippen LogP contribution in [-0.2, 0) is 14.6 Å². The lowest BCUT2D eigenvalue weighted by molar-refractivity contribution is -0.180. The van der Waals surface area contributed by atoms with Gasteiger partial charge < -0.3 is 10.6 Å². The third kappa shape index (κ3) is 4.09. The minimum absolute atomic E-state index is 0.0437. The summed E-state index contributed by atoms with van der Waals surface area (Å²) in [4.78, 5) is 11.9. The number of hydrogen-bond acceptors (Lipinski definition) is 4. The zero-order valence-electron chi connectivity index (χ0n) is 11.4. The fourth-order valence-corrected chi connectivity index (χ4v) is 4.55. The van der Waals surface area contributed by atoms with Crippen LogP contribution in [0, 0.1) is 5.92 Å². The maximum atomic E-state index is 12.5. The summed E-state index contributed by atoms with van der Waals surface area (Å²) in [7, 11) is -3.13. The first-order valence-corrected chi connectivity index (χ1v) is 8.71. The lowest BCUT2D eigenvalue weighted by Gasteiger charge is -2.30. The molecule has 0 aromatic carbocycles. The molecule has 21 heavy (non-hydrogen) atoms. The van der Waals surface area contributed by atoms with E-state index in [0.29, 0.717) is 12.8 Å². The molecule has 2 rings (SSSR count). The lowest BCUT2D eigenvalue weighted by atomic mass is 9.94. The number of piperidine rings is 1. The van der Waals surface area contributed by atoms with Gasteiger partial charge in [0.25, 0.3) is 0 Å². The maximum Gasteiger partial charge on any atom is 0.393 e. The summed E-state index contributed by atoms with van der Waals surface area (Å²) >= 11 is 0. The molecule has 3 unspecified atom stereocenters. The molecule has 0 aliphatic carbocycles. The number of carbonyl (C=O) groups is 1. The SMILES string of the molecule is O=C(NCC1CCCS1(=O)=O)C1CCC(C(F)(F)F)CN1. The highest BCUT2D eigenvalue weighted by molar-refractivity contribution is 7.92. The van der Waals surface area contributed by atoms with Crippen LogP contribution in [0.15, 0.2) is 0 Å². The predicted molar refractivity (Wildman–Crippen MR) is 70.4 cm³/mol. The van der Waals surface area contributed by atoms with Crippen molar-refractivity contribution in [3.8, 4) is 0 Å². The minimum Gasteiger partial charge on any atom is -0.353 e. The topological polar surface area (TPSA) is 75.3 Å². The average Bonchev–Trinajstić information content (AvgIpc) is 2.74. The molecule has 5 nitrogen and oxygen atoms in total. The van der Waals surface area contributed by atoms with Crippen LogP contribution < -0.4 is 10.6 Å². The Morgan fingerprint density at radius 3 is 2.43 bits per heavy atom. The van der Waals surface area contributed by atoms with Gasteiger partial charge in [-0.3, -0.25) is 4.79 Å². The van der Waals surface area contributed by atoms with Crippen molar-refractivity contribution in [3.05, 3.63) is 0 Å². The van der Waals surface area contributed by atoms with E-state index in [-0.39, 0.29) is 31.7 Å². The number of hydrogen-bond donors (Lipinski definition) is 2. The van der Waals surface area contributed by atoms with E-state index in [9.17, 15) is 26.4 Å². The van der Waals surface area contributed by atoms with Crippen LogP contribution in [0.1, 0.15) is 25.7 Å². The fraction of sp³-hybridized carbons (Fsp3) is 0.917. The quantitative estimate of drug-likeness (QED) is 0.796. The number of carbonyl (C=O) groups excluding carboxylic acids is 1. The molecule has 0 aromatic rings. The van der Waals surface area contributed by atoms with Gasteiger partial charge in [-0.15, -0.1) is 0 Å². The first kappa shape index (κ1) is 16.5. The normalized spacial score (nSPS) is 32.8. The number of rotatable bonds is 3. The van der Waals surface area contributed by atoms with Crippen molar-refractivity contribution in [2.24, 2.45) is 5.92 Å². The van der Waals surface area contributed by atoms with Crippen molar-refractivity contribution in [3.63, 3.8) is 0 Å². The zero-order chi connectivity index (χ0) is 15.7. The van der Waals surface area contributed by atoms with Crippen molar-refractivity contribution in [1.82, 2.24) is 10.6 Å². The third-order valence-electron chi connectivity index (χ3n) is 4.16. The smallest absolute Gasteiger partial charge is 0.353 e. The Kier molecular flexibility index (Phi) is 4.82. The van der Waals surface area contributed by atoms with Gasteiger partial charge in [-0.1, -0.05) is 0 Å². The van der Waals surface area contributed by atoms with Gasteiger partial charge >= 0.3 is 6.18 Å². The Bertz CT molecular complexity index is 484. The van der Waals surface area contributed by atoms with Gasteiger partial charge in [0.05, 0.1) is 23.0 Å². The summed E-state index contributed by atoms with van der Waals surface area (Å²) in [5.41, 5.74) is 0. The Balaban J connectivity index is 1.78. The van der Waals surface area contributed by atoms with E-state index in [2.05, 4.69) is 10.6 Å². The predicted octanol–water partition coefficient (Wildman–Crippen LogP) is 0.610. The maximum absolute atomic E-state index is 12.5. The number of amides is 1. The number of sulfone groups is 1. The van der Waals surface area contributed by atoms with E-state index >= 15 is 0 Å². The second-order valence-electron chi connectivity index (χ2n) is 5.65. The Morgan fingerprint density at radius 2 is 1.95 bits per heavy atom. The van der Waals surface area contributed by atoms with Gasteiger partial charge in [0.1, 0.15) is 0 Å². The van der Waals surface area contributed by atoms with Gasteiger partial charge in [0.2, 0.25) is 5.91 Å². The molecular formula is C12H19F3N2O3S. The molecule has 2 heterocycles. The Hall–Kier alpha value is -0.830. The summed E-state index contributed by atoms with van der Waals surface area (Å²) in [6.07, 6.45) is -3.11. The van der Waals surface area contributed by atoms with E-state index in [1.54, 1.807) is 0 Å². The number of alkyl halides is 3. The van der Waals surface area contributed by atoms with E-state index in [4.69, 9.17) is 0 Å². The van der Waals surface area contributed by atoms with Crippen molar-refractivity contribution in [1.29, 1.82) is 0 Å². The monoisotopic (exact) mass is 328 g/mol. The van der Waals surface area contributed by atoms with Crippen LogP contribution in [-0.4, -0.2) is 50.6 Å². The standard InChI is InChI=1S/C12H19F3N2O3S/c13-12(14,15)8-3-4-10(16-6-8)11(18)17-7-9-2-1-5-21(9,19)20/h8-10,16H,1-7H2,(H,17,18). The number of nitrogens with one attached hydrogen (secondary N) is 2. The van der Waals surface area contributed by atoms with Crippen molar-refractivity contribution < 1.29 is 26.4 Å². The van der Waals surface area contributed by atoms with Crippen LogP contribution in [0.2, 0.25) is 0 Å². The van der Waals surface area contributed by atoms with Crippen LogP contribution >= 0.6 is 0 Å². The Labute approximate surface area is 121 Å². The average molecular weight is 328 g/mol. The molecule has 0 radical (unpaired) electrons. The number of halogens is 3. The molecule has 2 fully saturated rings. The summed E-state index contributed by atoms with van der Waals surface area (Å²) in [5.74, 6) is -1.70. The molecule has 2 N–H and O–H groups in total. The summed E-state index contributed by atoms with van der Waals surface area (Å²) in [6.45, 7) is -0.231. The van der Waals surface area contributed by atoms with E-state index in [1.165, 1.54) is 0 Å². The van der Waals surface area contributed by atoms with Gasteiger partial charge in [0, 0.05) is 13.1 Å². The third-order valence-corrected chi connectivity index (χ3v) is 6.44. The molecule has 2 aliphatic rings. The Morgan fingerprint density at radius 1 is 1.24 bits per heavy atom. The molecule has 0 aromatic heterocycles. The molecule has 9 heteroatoms. The second-order valence-corrected chi connectivity index (χ2v) is 8.05. The van der Waals surface area contributed by atoms with E-state index in [1.807, 2.05) is 0 Å². The van der Waals surface area contributed by atoms with Crippen LogP contribution in [0.5, 0.6) is 0 Å². The minimum atomic E-state index is -4.24. The zero-order valence-corrected chi connectivity index (χ0v) is 12.3. The molecule has 0 saturated carbocycles. The lowest BCUT2D eigenvalue weighted by Crippen LogP contribution is -2.52. The summed E-state index contributed by atoms with van der Waals surface area (Å²) < 4.78 is 60.7. The summed E-state index contributed by atoms with van der Waals surface area (Å²) in [5, 5.41) is 4.57. The van der Waals surface area contributed by atoms with Crippen LogP contribution in [0.3, 0.4) is 0 Å². The van der Waals surface area contributed by atoms with Crippen molar-refractivity contribution >= 4 is 15.7 Å². The van der Waals surface area contributed by atoms with Gasteiger partial charge in [-0.2, -0.15) is 13.2 Å². The van der Waals surface area contributed by atoms with Crippen LogP contribution in [0.4, 0.5) is 13.2 Å². The molecule has 122 valence electrons. The molecule has 2 saturated heterocycles.